The summed E-state index contributed by atoms with van der Waals surface area (Å²) in [5.41, 5.74) is 2.54. The van der Waals surface area contributed by atoms with Crippen LogP contribution >= 0.6 is 11.6 Å². The SMILES string of the molecule is O=C(c1ccccc1)c1cccc(CCCl)c1. The summed E-state index contributed by atoms with van der Waals surface area (Å²) in [4.78, 5) is 12.2. The molecule has 0 spiro atoms. The van der Waals surface area contributed by atoms with E-state index < -0.39 is 0 Å². The lowest BCUT2D eigenvalue weighted by Gasteiger charge is -2.03. The predicted molar refractivity (Wildman–Crippen MR) is 70.7 cm³/mol. The van der Waals surface area contributed by atoms with Gasteiger partial charge in [0.05, 0.1) is 0 Å². The summed E-state index contributed by atoms with van der Waals surface area (Å²) in [6, 6.07) is 17.0. The van der Waals surface area contributed by atoms with Gasteiger partial charge in [-0.2, -0.15) is 0 Å². The van der Waals surface area contributed by atoms with Crippen molar-refractivity contribution in [2.24, 2.45) is 0 Å². The van der Waals surface area contributed by atoms with Gasteiger partial charge in [-0.1, -0.05) is 48.5 Å². The van der Waals surface area contributed by atoms with Gasteiger partial charge in [0.15, 0.2) is 5.78 Å². The Balaban J connectivity index is 2.28. The fraction of sp³-hybridized carbons (Fsp3) is 0.133. The van der Waals surface area contributed by atoms with Crippen molar-refractivity contribution in [3.63, 3.8) is 0 Å². The van der Waals surface area contributed by atoms with E-state index in [9.17, 15) is 4.79 Å². The zero-order valence-electron chi connectivity index (χ0n) is 9.40. The Kier molecular flexibility index (Phi) is 3.94. The molecule has 0 saturated heterocycles. The lowest BCUT2D eigenvalue weighted by atomic mass is 10.0. The van der Waals surface area contributed by atoms with Gasteiger partial charge < -0.3 is 0 Å². The molecule has 0 aliphatic carbocycles. The van der Waals surface area contributed by atoms with Crippen molar-refractivity contribution < 1.29 is 4.79 Å². The van der Waals surface area contributed by atoms with Gasteiger partial charge in [-0.15, -0.1) is 11.6 Å². The molecule has 0 heterocycles. The minimum Gasteiger partial charge on any atom is -0.289 e. The van der Waals surface area contributed by atoms with Crippen LogP contribution in [0.4, 0.5) is 0 Å². The zero-order valence-corrected chi connectivity index (χ0v) is 10.2. The second-order valence-electron chi connectivity index (χ2n) is 3.83. The number of benzene rings is 2. The maximum Gasteiger partial charge on any atom is 0.193 e. The molecule has 0 fully saturated rings. The molecule has 2 rings (SSSR count). The molecular weight excluding hydrogens is 232 g/mol. The predicted octanol–water partition coefficient (Wildman–Crippen LogP) is 3.70. The van der Waals surface area contributed by atoms with Crippen molar-refractivity contribution in [1.82, 2.24) is 0 Å². The fourth-order valence-corrected chi connectivity index (χ4v) is 1.95. The normalized spacial score (nSPS) is 10.2. The van der Waals surface area contributed by atoms with Gasteiger partial charge in [0.25, 0.3) is 0 Å². The maximum absolute atomic E-state index is 12.2. The van der Waals surface area contributed by atoms with Gasteiger partial charge in [0.1, 0.15) is 0 Å². The van der Waals surface area contributed by atoms with Crippen molar-refractivity contribution in [2.75, 3.05) is 5.88 Å². The summed E-state index contributed by atoms with van der Waals surface area (Å²) in [5.74, 6) is 0.630. The molecule has 2 aromatic rings. The monoisotopic (exact) mass is 244 g/mol. The minimum atomic E-state index is 0.0574. The molecule has 0 aliphatic rings. The third-order valence-corrected chi connectivity index (χ3v) is 2.80. The van der Waals surface area contributed by atoms with Crippen LogP contribution in [0.25, 0.3) is 0 Å². The highest BCUT2D eigenvalue weighted by Crippen LogP contribution is 2.12. The van der Waals surface area contributed by atoms with E-state index in [1.54, 1.807) is 0 Å². The smallest absolute Gasteiger partial charge is 0.193 e. The number of hydrogen-bond acceptors (Lipinski definition) is 1. The largest absolute Gasteiger partial charge is 0.289 e. The number of hydrogen-bond donors (Lipinski definition) is 0. The Hall–Kier alpha value is -1.60. The number of carbonyl (C=O) groups is 1. The standard InChI is InChI=1S/C15H13ClO/c16-10-9-12-5-4-8-14(11-12)15(17)13-6-2-1-3-7-13/h1-8,11H,9-10H2. The van der Waals surface area contributed by atoms with E-state index in [1.165, 1.54) is 0 Å². The van der Waals surface area contributed by atoms with Crippen molar-refractivity contribution >= 4 is 17.4 Å². The summed E-state index contributed by atoms with van der Waals surface area (Å²) < 4.78 is 0. The number of aryl methyl sites for hydroxylation is 1. The lowest BCUT2D eigenvalue weighted by molar-refractivity contribution is 0.103. The molecule has 0 N–H and O–H groups in total. The van der Waals surface area contributed by atoms with Crippen LogP contribution in [0.3, 0.4) is 0 Å². The maximum atomic E-state index is 12.2. The van der Waals surface area contributed by atoms with E-state index in [0.717, 1.165) is 23.1 Å². The average molecular weight is 245 g/mol. The summed E-state index contributed by atoms with van der Waals surface area (Å²) in [6.45, 7) is 0. The molecular formula is C15H13ClO. The third-order valence-electron chi connectivity index (χ3n) is 2.61. The molecule has 0 bridgehead atoms. The van der Waals surface area contributed by atoms with Crippen LogP contribution in [0.5, 0.6) is 0 Å². The van der Waals surface area contributed by atoms with Crippen LogP contribution in [0, 0.1) is 0 Å². The molecule has 0 unspecified atom stereocenters. The van der Waals surface area contributed by atoms with Gasteiger partial charge in [-0.3, -0.25) is 4.79 Å². The molecule has 0 amide bonds. The molecule has 0 atom stereocenters. The average Bonchev–Trinajstić information content (AvgIpc) is 2.40. The molecule has 17 heavy (non-hydrogen) atoms. The topological polar surface area (TPSA) is 17.1 Å². The van der Waals surface area contributed by atoms with Crippen LogP contribution in [0.2, 0.25) is 0 Å². The molecule has 1 nitrogen and oxygen atoms in total. The summed E-state index contributed by atoms with van der Waals surface area (Å²) >= 11 is 5.70. The van der Waals surface area contributed by atoms with Crippen molar-refractivity contribution in [2.45, 2.75) is 6.42 Å². The first-order chi connectivity index (χ1) is 8.31. The highest BCUT2D eigenvalue weighted by molar-refractivity contribution is 6.18. The summed E-state index contributed by atoms with van der Waals surface area (Å²) in [7, 11) is 0. The van der Waals surface area contributed by atoms with Gasteiger partial charge in [0, 0.05) is 17.0 Å². The van der Waals surface area contributed by atoms with Gasteiger partial charge in [-0.25, -0.2) is 0 Å². The molecule has 0 aliphatic heterocycles. The quantitative estimate of drug-likeness (QED) is 0.592. The van der Waals surface area contributed by atoms with Crippen LogP contribution < -0.4 is 0 Å². The molecule has 2 aromatic carbocycles. The Labute approximate surface area is 106 Å². The Morgan fingerprint density at radius 3 is 2.35 bits per heavy atom. The second-order valence-corrected chi connectivity index (χ2v) is 4.21. The van der Waals surface area contributed by atoms with Crippen molar-refractivity contribution in [1.29, 1.82) is 0 Å². The van der Waals surface area contributed by atoms with Crippen LogP contribution in [-0.4, -0.2) is 11.7 Å². The highest BCUT2D eigenvalue weighted by Gasteiger charge is 2.08. The van der Waals surface area contributed by atoms with E-state index in [0.29, 0.717) is 5.88 Å². The number of ketones is 1. The Bertz CT molecular complexity index is 505. The molecule has 0 radical (unpaired) electrons. The van der Waals surface area contributed by atoms with Gasteiger partial charge >= 0.3 is 0 Å². The summed E-state index contributed by atoms with van der Waals surface area (Å²) in [6.07, 6.45) is 0.789. The first-order valence-corrected chi connectivity index (χ1v) is 6.09. The van der Waals surface area contributed by atoms with Gasteiger partial charge in [-0.05, 0) is 18.1 Å². The number of rotatable bonds is 4. The lowest BCUT2D eigenvalue weighted by Crippen LogP contribution is -2.01. The third kappa shape index (κ3) is 2.95. The molecule has 0 aromatic heterocycles. The van der Waals surface area contributed by atoms with E-state index in [4.69, 9.17) is 11.6 Å². The van der Waals surface area contributed by atoms with E-state index in [-0.39, 0.29) is 5.78 Å². The molecule has 86 valence electrons. The highest BCUT2D eigenvalue weighted by atomic mass is 35.5. The van der Waals surface area contributed by atoms with Crippen molar-refractivity contribution in [3.05, 3.63) is 71.3 Å². The van der Waals surface area contributed by atoms with E-state index in [1.807, 2.05) is 54.6 Å². The van der Waals surface area contributed by atoms with Gasteiger partial charge in [0.2, 0.25) is 0 Å². The Morgan fingerprint density at radius 2 is 1.65 bits per heavy atom. The minimum absolute atomic E-state index is 0.0574. The molecule has 0 saturated carbocycles. The first-order valence-electron chi connectivity index (χ1n) is 5.56. The number of halogens is 1. The Morgan fingerprint density at radius 1 is 0.941 bits per heavy atom. The van der Waals surface area contributed by atoms with Crippen LogP contribution in [-0.2, 0) is 6.42 Å². The molecule has 2 heteroatoms. The first kappa shape index (κ1) is 11.9. The zero-order chi connectivity index (χ0) is 12.1. The van der Waals surface area contributed by atoms with E-state index >= 15 is 0 Å². The van der Waals surface area contributed by atoms with Crippen LogP contribution in [0.15, 0.2) is 54.6 Å². The fourth-order valence-electron chi connectivity index (χ4n) is 1.73. The number of alkyl halides is 1. The second kappa shape index (κ2) is 5.65. The van der Waals surface area contributed by atoms with E-state index in [2.05, 4.69) is 0 Å². The van der Waals surface area contributed by atoms with Crippen LogP contribution in [0.1, 0.15) is 21.5 Å². The summed E-state index contributed by atoms with van der Waals surface area (Å²) in [5, 5.41) is 0. The number of carbonyl (C=O) groups excluding carboxylic acids is 1. The van der Waals surface area contributed by atoms with Crippen molar-refractivity contribution in [3.8, 4) is 0 Å².